The summed E-state index contributed by atoms with van der Waals surface area (Å²) in [4.78, 5) is 6.89. The highest BCUT2D eigenvalue weighted by Crippen LogP contribution is 2.35. The van der Waals surface area contributed by atoms with Gasteiger partial charge < -0.3 is 15.0 Å². The Balaban J connectivity index is 0.00000256. The van der Waals surface area contributed by atoms with Crippen LogP contribution in [0.15, 0.2) is 59.6 Å². The predicted octanol–water partition coefficient (Wildman–Crippen LogP) is 4.56. The number of halogens is 2. The average molecular weight is 523 g/mol. The largest absolute Gasteiger partial charge is 0.381 e. The molecule has 0 saturated carbocycles. The normalized spacial score (nSPS) is 21.2. The van der Waals surface area contributed by atoms with E-state index in [1.54, 1.807) is 6.07 Å². The first kappa shape index (κ1) is 23.0. The van der Waals surface area contributed by atoms with E-state index in [-0.39, 0.29) is 35.2 Å². The van der Waals surface area contributed by atoms with Crippen molar-refractivity contribution in [2.24, 2.45) is 4.99 Å². The standard InChI is InChI=1S/C24H30FN3O.HI/c1-26-23(28-13-10-20(17-28)19-6-3-2-4-7-19)27-18-24(11-14-29-15-12-24)21-8-5-9-22(25)16-21;/h2-9,16,20H,10-15,17-18H2,1H3,(H,26,27);1H. The fraction of sp³-hybridized carbons (Fsp3) is 0.458. The topological polar surface area (TPSA) is 36.9 Å². The summed E-state index contributed by atoms with van der Waals surface area (Å²) in [6.07, 6.45) is 2.90. The molecule has 162 valence electrons. The van der Waals surface area contributed by atoms with Crippen LogP contribution in [0.1, 0.15) is 36.3 Å². The maximum atomic E-state index is 13.9. The van der Waals surface area contributed by atoms with Crippen LogP contribution in [0.3, 0.4) is 0 Å². The second-order valence-corrected chi connectivity index (χ2v) is 8.15. The van der Waals surface area contributed by atoms with Crippen LogP contribution in [-0.2, 0) is 10.2 Å². The molecule has 30 heavy (non-hydrogen) atoms. The maximum absolute atomic E-state index is 13.9. The number of nitrogens with zero attached hydrogens (tertiary/aromatic N) is 2. The molecule has 0 aliphatic carbocycles. The smallest absolute Gasteiger partial charge is 0.193 e. The van der Waals surface area contributed by atoms with Crippen molar-refractivity contribution in [3.05, 3.63) is 71.5 Å². The minimum Gasteiger partial charge on any atom is -0.381 e. The van der Waals surface area contributed by atoms with Gasteiger partial charge in [-0.25, -0.2) is 4.39 Å². The highest BCUT2D eigenvalue weighted by Gasteiger charge is 2.36. The van der Waals surface area contributed by atoms with Gasteiger partial charge in [0.2, 0.25) is 0 Å². The van der Waals surface area contributed by atoms with E-state index in [9.17, 15) is 4.39 Å². The lowest BCUT2D eigenvalue weighted by Crippen LogP contribution is -2.48. The first-order valence-electron chi connectivity index (χ1n) is 10.5. The van der Waals surface area contributed by atoms with Gasteiger partial charge in [-0.15, -0.1) is 24.0 Å². The molecule has 0 aromatic heterocycles. The number of likely N-dealkylation sites (tertiary alicyclic amines) is 1. The van der Waals surface area contributed by atoms with Crippen molar-refractivity contribution in [2.45, 2.75) is 30.6 Å². The van der Waals surface area contributed by atoms with Gasteiger partial charge in [0.05, 0.1) is 0 Å². The van der Waals surface area contributed by atoms with E-state index in [2.05, 4.69) is 45.5 Å². The van der Waals surface area contributed by atoms with Crippen LogP contribution in [-0.4, -0.2) is 50.8 Å². The quantitative estimate of drug-likeness (QED) is 0.363. The number of hydrogen-bond acceptors (Lipinski definition) is 2. The average Bonchev–Trinajstić information content (AvgIpc) is 3.26. The summed E-state index contributed by atoms with van der Waals surface area (Å²) in [6.45, 7) is 4.11. The zero-order valence-corrected chi connectivity index (χ0v) is 19.8. The summed E-state index contributed by atoms with van der Waals surface area (Å²) >= 11 is 0. The molecule has 6 heteroatoms. The molecule has 4 nitrogen and oxygen atoms in total. The van der Waals surface area contributed by atoms with Crippen molar-refractivity contribution in [1.29, 1.82) is 0 Å². The first-order valence-corrected chi connectivity index (χ1v) is 10.5. The van der Waals surface area contributed by atoms with Gasteiger partial charge in [0.25, 0.3) is 0 Å². The third kappa shape index (κ3) is 5.14. The van der Waals surface area contributed by atoms with Crippen molar-refractivity contribution < 1.29 is 9.13 Å². The number of ether oxygens (including phenoxy) is 1. The molecule has 0 spiro atoms. The summed E-state index contributed by atoms with van der Waals surface area (Å²) in [6, 6.07) is 17.8. The Kier molecular flexibility index (Phi) is 8.11. The molecule has 1 N–H and O–H groups in total. The SMILES string of the molecule is CN=C(NCC1(c2cccc(F)c2)CCOCC1)N1CCC(c2ccccc2)C1.I. The van der Waals surface area contributed by atoms with Gasteiger partial charge in [-0.1, -0.05) is 42.5 Å². The number of guanidine groups is 1. The minimum atomic E-state index is -0.178. The molecule has 2 aromatic rings. The van der Waals surface area contributed by atoms with Crippen LogP contribution in [0.2, 0.25) is 0 Å². The molecule has 0 amide bonds. The molecule has 0 radical (unpaired) electrons. The first-order chi connectivity index (χ1) is 14.2. The number of aliphatic imine (C=N–C) groups is 1. The summed E-state index contributed by atoms with van der Waals surface area (Å²) in [5, 5.41) is 3.61. The predicted molar refractivity (Wildman–Crippen MR) is 130 cm³/mol. The number of nitrogens with one attached hydrogen (secondary N) is 1. The molecule has 2 saturated heterocycles. The minimum absolute atomic E-state index is 0. The molecule has 2 fully saturated rings. The fourth-order valence-electron chi connectivity index (χ4n) is 4.68. The van der Waals surface area contributed by atoms with E-state index in [1.165, 1.54) is 11.6 Å². The van der Waals surface area contributed by atoms with E-state index in [1.807, 2.05) is 19.2 Å². The Labute approximate surface area is 195 Å². The molecule has 2 aliphatic rings. The van der Waals surface area contributed by atoms with Gasteiger partial charge in [-0.2, -0.15) is 0 Å². The molecular formula is C24H31FIN3O. The van der Waals surface area contributed by atoms with Gasteiger partial charge in [-0.05, 0) is 42.5 Å². The number of rotatable bonds is 4. The van der Waals surface area contributed by atoms with Gasteiger partial charge in [0, 0.05) is 51.2 Å². The Morgan fingerprint density at radius 1 is 1.17 bits per heavy atom. The lowest BCUT2D eigenvalue weighted by Gasteiger charge is -2.39. The van der Waals surface area contributed by atoms with E-state index in [0.29, 0.717) is 19.1 Å². The van der Waals surface area contributed by atoms with Crippen LogP contribution >= 0.6 is 24.0 Å². The van der Waals surface area contributed by atoms with Crippen LogP contribution in [0.4, 0.5) is 4.39 Å². The highest BCUT2D eigenvalue weighted by atomic mass is 127. The Hall–Kier alpha value is -1.67. The number of benzene rings is 2. The van der Waals surface area contributed by atoms with Crippen molar-refractivity contribution in [1.82, 2.24) is 10.2 Å². The second kappa shape index (κ2) is 10.6. The Bertz CT molecular complexity index is 839. The van der Waals surface area contributed by atoms with E-state index in [4.69, 9.17) is 4.74 Å². The van der Waals surface area contributed by atoms with Crippen LogP contribution in [0, 0.1) is 5.82 Å². The molecule has 1 atom stereocenters. The molecule has 2 heterocycles. The van der Waals surface area contributed by atoms with Gasteiger partial charge in [-0.3, -0.25) is 4.99 Å². The lowest BCUT2D eigenvalue weighted by atomic mass is 9.74. The van der Waals surface area contributed by atoms with Crippen molar-refractivity contribution in [2.75, 3.05) is 39.9 Å². The third-order valence-electron chi connectivity index (χ3n) is 6.44. The third-order valence-corrected chi connectivity index (χ3v) is 6.44. The molecule has 2 aliphatic heterocycles. The van der Waals surface area contributed by atoms with E-state index in [0.717, 1.165) is 50.4 Å². The Morgan fingerprint density at radius 2 is 1.93 bits per heavy atom. The summed E-state index contributed by atoms with van der Waals surface area (Å²) in [7, 11) is 1.84. The number of hydrogen-bond donors (Lipinski definition) is 1. The van der Waals surface area contributed by atoms with Crippen LogP contribution < -0.4 is 5.32 Å². The molecule has 1 unspecified atom stereocenters. The molecule has 4 rings (SSSR count). The van der Waals surface area contributed by atoms with E-state index < -0.39 is 0 Å². The lowest BCUT2D eigenvalue weighted by molar-refractivity contribution is 0.0511. The molecule has 0 bridgehead atoms. The molecular weight excluding hydrogens is 492 g/mol. The van der Waals surface area contributed by atoms with Gasteiger partial charge in [0.15, 0.2) is 5.96 Å². The zero-order chi connectivity index (χ0) is 20.1. The summed E-state index contributed by atoms with van der Waals surface area (Å²) in [5.74, 6) is 1.30. The van der Waals surface area contributed by atoms with Crippen molar-refractivity contribution >= 4 is 29.9 Å². The van der Waals surface area contributed by atoms with Gasteiger partial charge in [0.1, 0.15) is 5.82 Å². The van der Waals surface area contributed by atoms with Gasteiger partial charge >= 0.3 is 0 Å². The maximum Gasteiger partial charge on any atom is 0.193 e. The fourth-order valence-corrected chi connectivity index (χ4v) is 4.68. The highest BCUT2D eigenvalue weighted by molar-refractivity contribution is 14.0. The Morgan fingerprint density at radius 3 is 2.63 bits per heavy atom. The second-order valence-electron chi connectivity index (χ2n) is 8.15. The molecule has 2 aromatic carbocycles. The van der Waals surface area contributed by atoms with Crippen LogP contribution in [0.25, 0.3) is 0 Å². The summed E-state index contributed by atoms with van der Waals surface area (Å²) in [5.41, 5.74) is 2.31. The monoisotopic (exact) mass is 523 g/mol. The van der Waals surface area contributed by atoms with Crippen molar-refractivity contribution in [3.63, 3.8) is 0 Å². The zero-order valence-electron chi connectivity index (χ0n) is 17.5. The van der Waals surface area contributed by atoms with Crippen LogP contribution in [0.5, 0.6) is 0 Å². The van der Waals surface area contributed by atoms with Crippen molar-refractivity contribution in [3.8, 4) is 0 Å². The van der Waals surface area contributed by atoms with E-state index >= 15 is 0 Å². The summed E-state index contributed by atoms with van der Waals surface area (Å²) < 4.78 is 19.5.